The summed E-state index contributed by atoms with van der Waals surface area (Å²) in [5.74, 6) is -0.960. The minimum absolute atomic E-state index is 0.204. The molecule has 2 heterocycles. The van der Waals surface area contributed by atoms with Crippen LogP contribution in [0.4, 0.5) is 0 Å². The molecule has 0 fully saturated rings. The summed E-state index contributed by atoms with van der Waals surface area (Å²) in [6, 6.07) is 8.07. The molecule has 0 radical (unpaired) electrons. The molecule has 4 nitrogen and oxygen atoms in total. The molecule has 0 atom stereocenters. The van der Waals surface area contributed by atoms with Crippen molar-refractivity contribution in [2.45, 2.75) is 13.8 Å². The lowest BCUT2D eigenvalue weighted by Crippen LogP contribution is -2.02. The number of aromatic nitrogens is 2. The van der Waals surface area contributed by atoms with E-state index in [1.807, 2.05) is 38.1 Å². The summed E-state index contributed by atoms with van der Waals surface area (Å²) < 4.78 is 1.72. The van der Waals surface area contributed by atoms with Crippen LogP contribution in [0.2, 0.25) is 0 Å². The Labute approximate surface area is 114 Å². The first kappa shape index (κ1) is 11.9. The second-order valence-corrected chi connectivity index (χ2v) is 5.62. The van der Waals surface area contributed by atoms with Crippen molar-refractivity contribution in [2.24, 2.45) is 0 Å². The van der Waals surface area contributed by atoms with Crippen molar-refractivity contribution in [3.8, 4) is 11.3 Å². The van der Waals surface area contributed by atoms with Crippen LogP contribution >= 0.6 is 11.3 Å². The number of hydrogen-bond acceptors (Lipinski definition) is 3. The van der Waals surface area contributed by atoms with E-state index in [9.17, 15) is 9.90 Å². The van der Waals surface area contributed by atoms with Crippen LogP contribution in [0, 0.1) is 13.8 Å². The number of aryl methyl sites for hydroxylation is 2. The number of rotatable bonds is 2. The Morgan fingerprint density at radius 2 is 1.95 bits per heavy atom. The normalized spacial score (nSPS) is 11.1. The average molecular weight is 272 g/mol. The van der Waals surface area contributed by atoms with Crippen molar-refractivity contribution in [3.63, 3.8) is 0 Å². The molecule has 0 spiro atoms. The molecule has 1 N–H and O–H groups in total. The van der Waals surface area contributed by atoms with Crippen LogP contribution in [-0.4, -0.2) is 20.5 Å². The highest BCUT2D eigenvalue weighted by Gasteiger charge is 2.18. The zero-order valence-corrected chi connectivity index (χ0v) is 11.4. The Morgan fingerprint density at radius 3 is 2.58 bits per heavy atom. The highest BCUT2D eigenvalue weighted by atomic mass is 32.1. The molecule has 0 bridgehead atoms. The number of carboxylic acids is 1. The van der Waals surface area contributed by atoms with E-state index in [1.165, 1.54) is 23.1 Å². The second kappa shape index (κ2) is 4.20. The molecule has 0 aliphatic rings. The maximum atomic E-state index is 11.3. The molecule has 5 heteroatoms. The molecule has 0 aliphatic heterocycles. The van der Waals surface area contributed by atoms with E-state index in [2.05, 4.69) is 4.98 Å². The number of carbonyl (C=O) groups is 1. The Hall–Kier alpha value is -2.14. The van der Waals surface area contributed by atoms with Crippen LogP contribution in [0.15, 0.2) is 30.5 Å². The van der Waals surface area contributed by atoms with Gasteiger partial charge in [-0.3, -0.25) is 4.40 Å². The molecular weight excluding hydrogens is 260 g/mol. The zero-order chi connectivity index (χ0) is 13.6. The number of imidazole rings is 1. The van der Waals surface area contributed by atoms with Gasteiger partial charge in [-0.1, -0.05) is 29.8 Å². The molecule has 19 heavy (non-hydrogen) atoms. The Kier molecular flexibility index (Phi) is 2.64. The summed E-state index contributed by atoms with van der Waals surface area (Å²) >= 11 is 1.50. The lowest BCUT2D eigenvalue weighted by atomic mass is 10.1. The first-order chi connectivity index (χ1) is 9.08. The number of thiazole rings is 1. The smallest absolute Gasteiger partial charge is 0.354 e. The van der Waals surface area contributed by atoms with Crippen molar-refractivity contribution in [1.82, 2.24) is 9.38 Å². The van der Waals surface area contributed by atoms with Crippen LogP contribution in [0.25, 0.3) is 16.2 Å². The van der Waals surface area contributed by atoms with Crippen molar-refractivity contribution in [3.05, 3.63) is 46.6 Å². The van der Waals surface area contributed by atoms with Gasteiger partial charge < -0.3 is 5.11 Å². The molecule has 0 unspecified atom stereocenters. The van der Waals surface area contributed by atoms with Gasteiger partial charge in [0.05, 0.1) is 11.9 Å². The van der Waals surface area contributed by atoms with Gasteiger partial charge >= 0.3 is 5.97 Å². The SMILES string of the molecule is Cc1ccc(-c2c(C)sc3ncc(C(=O)O)n23)cc1. The molecule has 0 saturated carbocycles. The maximum Gasteiger partial charge on any atom is 0.354 e. The summed E-state index contributed by atoms with van der Waals surface area (Å²) in [4.78, 5) is 17.2. The molecule has 96 valence electrons. The number of nitrogens with zero attached hydrogens (tertiary/aromatic N) is 2. The van der Waals surface area contributed by atoms with Crippen LogP contribution in [-0.2, 0) is 0 Å². The fourth-order valence-electron chi connectivity index (χ4n) is 2.16. The second-order valence-electron chi connectivity index (χ2n) is 4.44. The van der Waals surface area contributed by atoms with E-state index < -0.39 is 5.97 Å². The van der Waals surface area contributed by atoms with E-state index in [0.717, 1.165) is 16.1 Å². The topological polar surface area (TPSA) is 54.6 Å². The van der Waals surface area contributed by atoms with Crippen molar-refractivity contribution in [2.75, 3.05) is 0 Å². The molecular formula is C14H12N2O2S. The van der Waals surface area contributed by atoms with Gasteiger partial charge in [-0.05, 0) is 19.4 Å². The Morgan fingerprint density at radius 1 is 1.26 bits per heavy atom. The summed E-state index contributed by atoms with van der Waals surface area (Å²) in [6.07, 6.45) is 1.41. The first-order valence-electron chi connectivity index (χ1n) is 5.85. The third kappa shape index (κ3) is 1.82. The van der Waals surface area contributed by atoms with E-state index in [0.29, 0.717) is 4.96 Å². The lowest BCUT2D eigenvalue weighted by molar-refractivity contribution is 0.0689. The molecule has 1 aromatic carbocycles. The molecule has 0 aliphatic carbocycles. The molecule has 3 aromatic rings. The van der Waals surface area contributed by atoms with Gasteiger partial charge in [0.2, 0.25) is 0 Å². The number of carboxylic acid groups (broad SMARTS) is 1. The van der Waals surface area contributed by atoms with Crippen molar-refractivity contribution < 1.29 is 9.90 Å². The zero-order valence-electron chi connectivity index (χ0n) is 10.5. The minimum atomic E-state index is -0.960. The van der Waals surface area contributed by atoms with Crippen LogP contribution in [0.5, 0.6) is 0 Å². The van der Waals surface area contributed by atoms with Crippen LogP contribution in [0.1, 0.15) is 20.9 Å². The van der Waals surface area contributed by atoms with E-state index in [-0.39, 0.29) is 5.69 Å². The average Bonchev–Trinajstić information content (AvgIpc) is 2.88. The minimum Gasteiger partial charge on any atom is -0.477 e. The number of benzene rings is 1. The highest BCUT2D eigenvalue weighted by molar-refractivity contribution is 7.17. The first-order valence-corrected chi connectivity index (χ1v) is 6.67. The Bertz CT molecular complexity index is 769. The number of aromatic carboxylic acids is 1. The quantitative estimate of drug-likeness (QED) is 0.778. The third-order valence-corrected chi connectivity index (χ3v) is 4.05. The summed E-state index contributed by atoms with van der Waals surface area (Å²) in [7, 11) is 0. The summed E-state index contributed by atoms with van der Waals surface area (Å²) in [5, 5.41) is 9.24. The third-order valence-electron chi connectivity index (χ3n) is 3.08. The van der Waals surface area contributed by atoms with E-state index >= 15 is 0 Å². The van der Waals surface area contributed by atoms with Crippen molar-refractivity contribution >= 4 is 22.3 Å². The largest absolute Gasteiger partial charge is 0.477 e. The van der Waals surface area contributed by atoms with Gasteiger partial charge in [0.25, 0.3) is 0 Å². The van der Waals surface area contributed by atoms with Crippen LogP contribution in [0.3, 0.4) is 0 Å². The van der Waals surface area contributed by atoms with Gasteiger partial charge in [0.1, 0.15) is 0 Å². The van der Waals surface area contributed by atoms with Gasteiger partial charge in [-0.2, -0.15) is 0 Å². The monoisotopic (exact) mass is 272 g/mol. The van der Waals surface area contributed by atoms with Gasteiger partial charge in [0.15, 0.2) is 10.7 Å². The van der Waals surface area contributed by atoms with E-state index in [4.69, 9.17) is 0 Å². The molecule has 0 saturated heterocycles. The summed E-state index contributed by atoms with van der Waals surface area (Å²) in [6.45, 7) is 4.01. The van der Waals surface area contributed by atoms with Gasteiger partial charge in [0, 0.05) is 4.88 Å². The van der Waals surface area contributed by atoms with Gasteiger partial charge in [-0.25, -0.2) is 9.78 Å². The predicted molar refractivity (Wildman–Crippen MR) is 74.9 cm³/mol. The standard InChI is InChI=1S/C14H12N2O2S/c1-8-3-5-10(6-4-8)12-9(2)19-14-15-7-11(13(17)18)16(12)14/h3-7H,1-2H3,(H,17,18). The van der Waals surface area contributed by atoms with Crippen molar-refractivity contribution in [1.29, 1.82) is 0 Å². The molecule has 2 aromatic heterocycles. The molecule has 0 amide bonds. The fourth-order valence-corrected chi connectivity index (χ4v) is 3.13. The number of fused-ring (bicyclic) bond motifs is 1. The fraction of sp³-hybridized carbons (Fsp3) is 0.143. The maximum absolute atomic E-state index is 11.3. The van der Waals surface area contributed by atoms with Crippen LogP contribution < -0.4 is 0 Å². The highest BCUT2D eigenvalue weighted by Crippen LogP contribution is 2.32. The van der Waals surface area contributed by atoms with E-state index in [1.54, 1.807) is 4.40 Å². The molecule has 3 rings (SSSR count). The number of hydrogen-bond donors (Lipinski definition) is 1. The summed E-state index contributed by atoms with van der Waals surface area (Å²) in [5.41, 5.74) is 3.30. The van der Waals surface area contributed by atoms with Gasteiger partial charge in [-0.15, -0.1) is 11.3 Å². The predicted octanol–water partition coefficient (Wildman–Crippen LogP) is 3.38. The lowest BCUT2D eigenvalue weighted by Gasteiger charge is -2.04. The Balaban J connectivity index is 2.33.